The van der Waals surface area contributed by atoms with Crippen molar-refractivity contribution >= 4 is 35.9 Å². The maximum absolute atomic E-state index is 10.8. The van der Waals surface area contributed by atoms with E-state index in [1.54, 1.807) is 19.3 Å². The van der Waals surface area contributed by atoms with Gasteiger partial charge in [-0.1, -0.05) is 30.3 Å². The Hall–Kier alpha value is -1.98. The lowest BCUT2D eigenvalue weighted by atomic mass is 9.96. The summed E-state index contributed by atoms with van der Waals surface area (Å²) in [4.78, 5) is 17.9. The molecule has 0 bridgehead atoms. The van der Waals surface area contributed by atoms with Crippen molar-refractivity contribution in [1.29, 1.82) is 0 Å². The van der Waals surface area contributed by atoms with Gasteiger partial charge in [0, 0.05) is 58.2 Å². The summed E-state index contributed by atoms with van der Waals surface area (Å²) in [7, 11) is 0. The maximum Gasteiger partial charge on any atom is 0.225 e. The fraction of sp³-hybridized carbons (Fsp3) is 0.500. The number of benzene rings is 1. The van der Waals surface area contributed by atoms with Crippen molar-refractivity contribution in [3.05, 3.63) is 54.4 Å². The van der Waals surface area contributed by atoms with Crippen molar-refractivity contribution in [3.63, 3.8) is 0 Å². The number of guanidine groups is 1. The summed E-state index contributed by atoms with van der Waals surface area (Å²) in [5.41, 5.74) is -0.135. The van der Waals surface area contributed by atoms with E-state index in [-0.39, 0.29) is 24.0 Å². The molecule has 170 valence electrons. The van der Waals surface area contributed by atoms with E-state index in [1.165, 1.54) is 0 Å². The van der Waals surface area contributed by atoms with Gasteiger partial charge in [0.05, 0.1) is 6.54 Å². The smallest absolute Gasteiger partial charge is 0.225 e. The fourth-order valence-corrected chi connectivity index (χ4v) is 3.42. The van der Waals surface area contributed by atoms with Gasteiger partial charge in [-0.25, -0.2) is 15.0 Å². The summed E-state index contributed by atoms with van der Waals surface area (Å²) in [6, 6.07) is 11.5. The number of anilines is 1. The molecule has 1 unspecified atom stereocenters. The highest BCUT2D eigenvalue weighted by molar-refractivity contribution is 14.0. The number of aliphatic imine (C=N–C) groups is 1. The lowest BCUT2D eigenvalue weighted by molar-refractivity contribution is 0.0672. The molecule has 1 saturated heterocycles. The summed E-state index contributed by atoms with van der Waals surface area (Å²) in [5, 5.41) is 17.4. The number of nitrogens with zero attached hydrogens (tertiary/aromatic N) is 5. The Morgan fingerprint density at radius 1 is 1.06 bits per heavy atom. The van der Waals surface area contributed by atoms with Crippen LogP contribution in [0.2, 0.25) is 0 Å². The van der Waals surface area contributed by atoms with Gasteiger partial charge >= 0.3 is 0 Å². The van der Waals surface area contributed by atoms with E-state index < -0.39 is 5.60 Å². The van der Waals surface area contributed by atoms with Crippen LogP contribution < -0.4 is 15.5 Å². The quantitative estimate of drug-likeness (QED) is 0.267. The SMILES string of the molecule is CCNC(=NCC(C)(O)c1ccccc1)NCCN1CCN(c2ncccn2)CC1.I. The third kappa shape index (κ3) is 7.89. The Morgan fingerprint density at radius 2 is 1.74 bits per heavy atom. The average Bonchev–Trinajstić information content (AvgIpc) is 2.79. The second-order valence-electron chi connectivity index (χ2n) is 7.64. The number of halogens is 1. The molecule has 9 heteroatoms. The van der Waals surface area contributed by atoms with E-state index in [9.17, 15) is 5.11 Å². The first-order valence-electron chi connectivity index (χ1n) is 10.6. The van der Waals surface area contributed by atoms with Crippen LogP contribution in [0.5, 0.6) is 0 Å². The lowest BCUT2D eigenvalue weighted by Crippen LogP contribution is -2.49. The number of hydrogen-bond acceptors (Lipinski definition) is 6. The predicted molar refractivity (Wildman–Crippen MR) is 136 cm³/mol. The van der Waals surface area contributed by atoms with E-state index in [0.717, 1.165) is 63.3 Å². The van der Waals surface area contributed by atoms with Crippen molar-refractivity contribution in [1.82, 2.24) is 25.5 Å². The molecule has 3 N–H and O–H groups in total. The molecule has 2 aromatic rings. The third-order valence-electron chi connectivity index (χ3n) is 5.21. The summed E-state index contributed by atoms with van der Waals surface area (Å²) in [5.74, 6) is 1.53. The third-order valence-corrected chi connectivity index (χ3v) is 5.21. The van der Waals surface area contributed by atoms with Crippen LogP contribution in [-0.2, 0) is 5.60 Å². The molecule has 3 rings (SSSR count). The number of hydrogen-bond donors (Lipinski definition) is 3. The van der Waals surface area contributed by atoms with Crippen LogP contribution in [0.15, 0.2) is 53.8 Å². The van der Waals surface area contributed by atoms with Gasteiger partial charge in [0.25, 0.3) is 0 Å². The number of aliphatic hydroxyl groups is 1. The molecule has 0 radical (unpaired) electrons. The Morgan fingerprint density at radius 3 is 2.39 bits per heavy atom. The van der Waals surface area contributed by atoms with Gasteiger partial charge in [0.15, 0.2) is 5.96 Å². The van der Waals surface area contributed by atoms with Gasteiger partial charge in [-0.2, -0.15) is 0 Å². The first-order valence-corrected chi connectivity index (χ1v) is 10.6. The first-order chi connectivity index (χ1) is 14.6. The van der Waals surface area contributed by atoms with Crippen LogP contribution in [-0.4, -0.2) is 78.3 Å². The van der Waals surface area contributed by atoms with Gasteiger partial charge in [-0.3, -0.25) is 4.90 Å². The highest BCUT2D eigenvalue weighted by Gasteiger charge is 2.22. The van der Waals surface area contributed by atoms with E-state index in [1.807, 2.05) is 43.3 Å². The molecule has 1 aliphatic rings. The molecule has 1 fully saturated rings. The number of nitrogens with one attached hydrogen (secondary N) is 2. The molecule has 8 nitrogen and oxygen atoms in total. The zero-order valence-corrected chi connectivity index (χ0v) is 20.7. The van der Waals surface area contributed by atoms with E-state index in [4.69, 9.17) is 0 Å². The van der Waals surface area contributed by atoms with Crippen molar-refractivity contribution in [2.75, 3.05) is 57.3 Å². The average molecular weight is 539 g/mol. The topological polar surface area (TPSA) is 88.9 Å². The van der Waals surface area contributed by atoms with E-state index in [0.29, 0.717) is 6.54 Å². The maximum atomic E-state index is 10.8. The van der Waals surface area contributed by atoms with Crippen molar-refractivity contribution < 1.29 is 5.11 Å². The van der Waals surface area contributed by atoms with Crippen molar-refractivity contribution in [2.45, 2.75) is 19.4 Å². The number of piperazine rings is 1. The minimum absolute atomic E-state index is 0. The van der Waals surface area contributed by atoms with Crippen LogP contribution in [0.4, 0.5) is 5.95 Å². The lowest BCUT2D eigenvalue weighted by Gasteiger charge is -2.34. The van der Waals surface area contributed by atoms with Crippen molar-refractivity contribution in [2.24, 2.45) is 4.99 Å². The zero-order valence-electron chi connectivity index (χ0n) is 18.4. The van der Waals surface area contributed by atoms with Gasteiger partial charge < -0.3 is 20.6 Å². The Bertz CT molecular complexity index is 781. The molecule has 31 heavy (non-hydrogen) atoms. The van der Waals surface area contributed by atoms with Crippen LogP contribution >= 0.6 is 24.0 Å². The summed E-state index contributed by atoms with van der Waals surface area (Å²) in [6.45, 7) is 10.5. The first kappa shape index (κ1) is 25.3. The normalized spacial score (nSPS) is 16.9. The molecule has 0 spiro atoms. The van der Waals surface area contributed by atoms with Gasteiger partial charge in [0.1, 0.15) is 5.60 Å². The number of aromatic nitrogens is 2. The molecular weight excluding hydrogens is 505 g/mol. The molecule has 1 aromatic carbocycles. The standard InChI is InChI=1S/C22H33N7O.HI/c1-3-23-20(27-18-22(2,30)19-8-5-4-6-9-19)24-12-13-28-14-16-29(17-15-28)21-25-10-7-11-26-21;/h4-11,30H,3,12-18H2,1-2H3,(H2,23,24,27);1H. The minimum Gasteiger partial charge on any atom is -0.384 e. The molecule has 2 heterocycles. The molecule has 1 aromatic heterocycles. The fourth-order valence-electron chi connectivity index (χ4n) is 3.42. The molecule has 1 aliphatic heterocycles. The minimum atomic E-state index is -1.00. The summed E-state index contributed by atoms with van der Waals surface area (Å²) in [6.07, 6.45) is 3.57. The largest absolute Gasteiger partial charge is 0.384 e. The Balaban J connectivity index is 0.00000341. The van der Waals surface area contributed by atoms with Crippen LogP contribution in [0.3, 0.4) is 0 Å². The van der Waals surface area contributed by atoms with Crippen LogP contribution in [0, 0.1) is 0 Å². The Labute approximate surface area is 202 Å². The Kier molecular flexibility index (Phi) is 10.4. The summed E-state index contributed by atoms with van der Waals surface area (Å²) >= 11 is 0. The highest BCUT2D eigenvalue weighted by atomic mass is 127. The molecule has 0 amide bonds. The molecule has 0 saturated carbocycles. The van der Waals surface area contributed by atoms with Gasteiger partial charge in [-0.05, 0) is 25.5 Å². The molecule has 1 atom stereocenters. The van der Waals surface area contributed by atoms with Crippen LogP contribution in [0.25, 0.3) is 0 Å². The second-order valence-corrected chi connectivity index (χ2v) is 7.64. The van der Waals surface area contributed by atoms with Crippen LogP contribution in [0.1, 0.15) is 19.4 Å². The van der Waals surface area contributed by atoms with Gasteiger partial charge in [0.2, 0.25) is 5.95 Å². The molecule has 0 aliphatic carbocycles. The second kappa shape index (κ2) is 12.8. The zero-order chi connectivity index (χ0) is 21.2. The summed E-state index contributed by atoms with van der Waals surface area (Å²) < 4.78 is 0. The van der Waals surface area contributed by atoms with Crippen molar-refractivity contribution in [3.8, 4) is 0 Å². The van der Waals surface area contributed by atoms with Gasteiger partial charge in [-0.15, -0.1) is 24.0 Å². The molecular formula is C22H34IN7O. The van der Waals surface area contributed by atoms with E-state index >= 15 is 0 Å². The highest BCUT2D eigenvalue weighted by Crippen LogP contribution is 2.20. The number of rotatable bonds is 8. The van der Waals surface area contributed by atoms with E-state index in [2.05, 4.69) is 35.4 Å². The predicted octanol–water partition coefficient (Wildman–Crippen LogP) is 1.68. The monoisotopic (exact) mass is 539 g/mol.